The van der Waals surface area contributed by atoms with Crippen LogP contribution in [-0.4, -0.2) is 11.9 Å². The van der Waals surface area contributed by atoms with Gasteiger partial charge in [-0.05, 0) is 40.5 Å². The molecule has 96 valence electrons. The third-order valence-electron chi connectivity index (χ3n) is 2.56. The van der Waals surface area contributed by atoms with Crippen LogP contribution in [0.1, 0.15) is 31.7 Å². The van der Waals surface area contributed by atoms with Crippen molar-refractivity contribution < 1.29 is 4.79 Å². The molecule has 0 aliphatic carbocycles. The summed E-state index contributed by atoms with van der Waals surface area (Å²) in [5.41, 5.74) is 6.95. The van der Waals surface area contributed by atoms with E-state index in [0.29, 0.717) is 22.1 Å². The monoisotopic (exact) mass is 309 g/mol. The summed E-state index contributed by atoms with van der Waals surface area (Å²) in [7, 11) is 0. The number of halogens is 1. The van der Waals surface area contributed by atoms with Crippen LogP contribution in [0.4, 0.5) is 5.69 Å². The van der Waals surface area contributed by atoms with Gasteiger partial charge in [0.25, 0.3) is 0 Å². The molecule has 0 fully saturated rings. The topological polar surface area (TPSA) is 78.9 Å². The van der Waals surface area contributed by atoms with Crippen molar-refractivity contribution in [2.24, 2.45) is 5.73 Å². The van der Waals surface area contributed by atoms with Crippen LogP contribution in [0.5, 0.6) is 0 Å². The molecule has 3 N–H and O–H groups in total. The number of carbonyl (C=O) groups excluding carboxylic acids is 1. The van der Waals surface area contributed by atoms with E-state index in [9.17, 15) is 4.79 Å². The lowest BCUT2D eigenvalue weighted by Gasteiger charge is -2.12. The van der Waals surface area contributed by atoms with E-state index in [4.69, 9.17) is 11.0 Å². The first-order valence-corrected chi connectivity index (χ1v) is 6.64. The van der Waals surface area contributed by atoms with Crippen LogP contribution >= 0.6 is 15.9 Å². The third-order valence-corrected chi connectivity index (χ3v) is 3.22. The van der Waals surface area contributed by atoms with Gasteiger partial charge in [0.15, 0.2) is 0 Å². The minimum Gasteiger partial charge on any atom is -0.324 e. The molecule has 5 heteroatoms. The molecule has 1 aromatic rings. The van der Waals surface area contributed by atoms with E-state index >= 15 is 0 Å². The second-order valence-corrected chi connectivity index (χ2v) is 4.90. The van der Waals surface area contributed by atoms with Crippen molar-refractivity contribution in [3.63, 3.8) is 0 Å². The fraction of sp³-hybridized carbons (Fsp3) is 0.385. The fourth-order valence-corrected chi connectivity index (χ4v) is 1.94. The van der Waals surface area contributed by atoms with E-state index in [0.717, 1.165) is 12.8 Å². The van der Waals surface area contributed by atoms with Gasteiger partial charge in [-0.25, -0.2) is 0 Å². The lowest BCUT2D eigenvalue weighted by Crippen LogP contribution is -2.35. The SMILES string of the molecule is CCCC[C@H](N)C(=O)Nc1ccc(C#N)cc1Br. The van der Waals surface area contributed by atoms with Crippen LogP contribution in [0.2, 0.25) is 0 Å². The molecule has 0 saturated heterocycles. The van der Waals surface area contributed by atoms with Crippen LogP contribution in [0.3, 0.4) is 0 Å². The van der Waals surface area contributed by atoms with Crippen LogP contribution in [0.25, 0.3) is 0 Å². The molecule has 1 amide bonds. The number of anilines is 1. The Morgan fingerprint density at radius 2 is 2.33 bits per heavy atom. The molecule has 0 bridgehead atoms. The lowest BCUT2D eigenvalue weighted by molar-refractivity contribution is -0.117. The molecule has 0 aliphatic heterocycles. The number of hydrogen-bond acceptors (Lipinski definition) is 3. The summed E-state index contributed by atoms with van der Waals surface area (Å²) in [6.45, 7) is 2.06. The van der Waals surface area contributed by atoms with Gasteiger partial charge in [0.2, 0.25) is 5.91 Å². The second-order valence-electron chi connectivity index (χ2n) is 4.04. The summed E-state index contributed by atoms with van der Waals surface area (Å²) in [4.78, 5) is 11.8. The Balaban J connectivity index is 2.67. The van der Waals surface area contributed by atoms with E-state index in [-0.39, 0.29) is 5.91 Å². The molecular formula is C13H16BrN3O. The van der Waals surface area contributed by atoms with Gasteiger partial charge in [-0.2, -0.15) is 5.26 Å². The Morgan fingerprint density at radius 1 is 1.61 bits per heavy atom. The normalized spacial score (nSPS) is 11.7. The number of unbranched alkanes of at least 4 members (excludes halogenated alkanes) is 1. The van der Waals surface area contributed by atoms with E-state index in [1.165, 1.54) is 0 Å². The average Bonchev–Trinajstić information content (AvgIpc) is 2.38. The van der Waals surface area contributed by atoms with Gasteiger partial charge < -0.3 is 11.1 Å². The zero-order chi connectivity index (χ0) is 13.5. The third kappa shape index (κ3) is 4.13. The number of nitriles is 1. The van der Waals surface area contributed by atoms with Crippen molar-refractivity contribution in [2.75, 3.05) is 5.32 Å². The Bertz CT molecular complexity index is 468. The molecule has 1 rings (SSSR count). The number of rotatable bonds is 5. The largest absolute Gasteiger partial charge is 0.324 e. The van der Waals surface area contributed by atoms with Gasteiger partial charge in [0.05, 0.1) is 23.4 Å². The van der Waals surface area contributed by atoms with Crippen molar-refractivity contribution in [2.45, 2.75) is 32.2 Å². The fourth-order valence-electron chi connectivity index (χ4n) is 1.47. The summed E-state index contributed by atoms with van der Waals surface area (Å²) in [5, 5.41) is 11.5. The van der Waals surface area contributed by atoms with Gasteiger partial charge in [0, 0.05) is 4.47 Å². The van der Waals surface area contributed by atoms with Crippen LogP contribution in [0.15, 0.2) is 22.7 Å². The van der Waals surface area contributed by atoms with Crippen LogP contribution < -0.4 is 11.1 Å². The van der Waals surface area contributed by atoms with Crippen molar-refractivity contribution in [1.29, 1.82) is 5.26 Å². The Kier molecular flexibility index (Phi) is 5.83. The Hall–Kier alpha value is -1.38. The molecule has 0 heterocycles. The summed E-state index contributed by atoms with van der Waals surface area (Å²) in [6.07, 6.45) is 2.63. The van der Waals surface area contributed by atoms with Crippen molar-refractivity contribution in [1.82, 2.24) is 0 Å². The first-order valence-electron chi connectivity index (χ1n) is 5.84. The minimum absolute atomic E-state index is 0.200. The number of hydrogen-bond donors (Lipinski definition) is 2. The van der Waals surface area contributed by atoms with Crippen LogP contribution in [-0.2, 0) is 4.79 Å². The maximum Gasteiger partial charge on any atom is 0.241 e. The number of benzene rings is 1. The summed E-state index contributed by atoms with van der Waals surface area (Å²) in [5.74, 6) is -0.200. The molecule has 0 spiro atoms. The average molecular weight is 310 g/mol. The number of amides is 1. The highest BCUT2D eigenvalue weighted by atomic mass is 79.9. The van der Waals surface area contributed by atoms with E-state index in [2.05, 4.69) is 28.2 Å². The number of carbonyl (C=O) groups is 1. The zero-order valence-corrected chi connectivity index (χ0v) is 11.8. The second kappa shape index (κ2) is 7.14. The van der Waals surface area contributed by atoms with E-state index < -0.39 is 6.04 Å². The van der Waals surface area contributed by atoms with Gasteiger partial charge in [-0.15, -0.1) is 0 Å². The highest BCUT2D eigenvalue weighted by Crippen LogP contribution is 2.23. The summed E-state index contributed by atoms with van der Waals surface area (Å²) >= 11 is 3.31. The quantitative estimate of drug-likeness (QED) is 0.877. The van der Waals surface area contributed by atoms with Gasteiger partial charge in [0.1, 0.15) is 0 Å². The Morgan fingerprint density at radius 3 is 2.89 bits per heavy atom. The first-order chi connectivity index (χ1) is 8.58. The minimum atomic E-state index is -0.493. The van der Waals surface area contributed by atoms with E-state index in [1.54, 1.807) is 18.2 Å². The summed E-state index contributed by atoms with van der Waals surface area (Å²) < 4.78 is 0.678. The highest BCUT2D eigenvalue weighted by molar-refractivity contribution is 9.10. The molecule has 18 heavy (non-hydrogen) atoms. The standard InChI is InChI=1S/C13H16BrN3O/c1-2-3-4-11(16)13(18)17-12-6-5-9(8-15)7-10(12)14/h5-7,11H,2-4,16H2,1H3,(H,17,18)/t11-/m0/s1. The number of nitrogens with two attached hydrogens (primary N) is 1. The number of nitrogens with one attached hydrogen (secondary N) is 1. The first kappa shape index (κ1) is 14.7. The molecule has 4 nitrogen and oxygen atoms in total. The van der Waals surface area contributed by atoms with Crippen molar-refractivity contribution in [3.05, 3.63) is 28.2 Å². The summed E-state index contributed by atoms with van der Waals surface area (Å²) in [6, 6.07) is 6.54. The van der Waals surface area contributed by atoms with Crippen molar-refractivity contribution in [3.8, 4) is 6.07 Å². The van der Waals surface area contributed by atoms with Crippen LogP contribution in [0, 0.1) is 11.3 Å². The molecule has 1 aromatic carbocycles. The molecule has 0 aliphatic rings. The zero-order valence-electron chi connectivity index (χ0n) is 10.2. The van der Waals surface area contributed by atoms with Gasteiger partial charge >= 0.3 is 0 Å². The lowest BCUT2D eigenvalue weighted by atomic mass is 10.1. The molecular weight excluding hydrogens is 294 g/mol. The smallest absolute Gasteiger partial charge is 0.241 e. The van der Waals surface area contributed by atoms with E-state index in [1.807, 2.05) is 6.07 Å². The molecule has 0 aromatic heterocycles. The molecule has 0 unspecified atom stereocenters. The number of nitrogens with zero attached hydrogens (tertiary/aromatic N) is 1. The molecule has 1 atom stereocenters. The molecule has 0 saturated carbocycles. The highest BCUT2D eigenvalue weighted by Gasteiger charge is 2.14. The molecule has 0 radical (unpaired) electrons. The van der Waals surface area contributed by atoms with Gasteiger partial charge in [-0.1, -0.05) is 19.8 Å². The predicted molar refractivity (Wildman–Crippen MR) is 75.0 cm³/mol. The van der Waals surface area contributed by atoms with Crippen molar-refractivity contribution >= 4 is 27.5 Å². The predicted octanol–water partition coefficient (Wildman–Crippen LogP) is 2.78. The Labute approximate surface area is 115 Å². The van der Waals surface area contributed by atoms with Gasteiger partial charge in [-0.3, -0.25) is 4.79 Å². The maximum atomic E-state index is 11.8. The maximum absolute atomic E-state index is 11.8.